The van der Waals surface area contributed by atoms with Gasteiger partial charge in [0.2, 0.25) is 17.7 Å². The Balaban J connectivity index is 0.772. The van der Waals surface area contributed by atoms with E-state index in [9.17, 15) is 28.8 Å². The first kappa shape index (κ1) is 58.1. The highest BCUT2D eigenvalue weighted by atomic mass is 35.5. The highest BCUT2D eigenvalue weighted by Crippen LogP contribution is 2.37. The molecule has 0 spiro atoms. The van der Waals surface area contributed by atoms with Gasteiger partial charge in [-0.15, -0.1) is 11.3 Å². The smallest absolute Gasteiger partial charge is 0.243 e. The lowest BCUT2D eigenvalue weighted by Crippen LogP contribution is -2.50. The number of anilines is 1. The Kier molecular flexibility index (Phi) is 20.4. The Bertz CT molecular complexity index is 2850. The number of ether oxygens (including phenoxy) is 3. The third-order valence-electron chi connectivity index (χ3n) is 14.1. The van der Waals surface area contributed by atoms with E-state index in [4.69, 9.17) is 30.8 Å². The van der Waals surface area contributed by atoms with Gasteiger partial charge in [-0.05, 0) is 61.3 Å². The number of amides is 3. The molecule has 19 heteroatoms. The molecule has 5 aromatic rings. The Morgan fingerprint density at radius 3 is 2.30 bits per heavy atom. The van der Waals surface area contributed by atoms with Crippen molar-refractivity contribution in [1.82, 2.24) is 30.5 Å². The molecule has 0 unspecified atom stereocenters. The van der Waals surface area contributed by atoms with Crippen LogP contribution in [0, 0.1) is 18.3 Å². The number of Topliss-reactive ketones (excluding diaryl/α,β-unsaturated/α-hetero) is 1. The fourth-order valence-corrected chi connectivity index (χ4v) is 12.0. The fourth-order valence-electron chi connectivity index (χ4n) is 9.78. The number of halogens is 1. The molecule has 7 rings (SSSR count). The SMILES string of the molecule is COc1cc(N2CCC(NC(=O)CCOCCOCCC(=O)C[C@H](C(=O)N3C[C@H](O)C[C@H]3C(=O)NCc3ccc(-c4scnc4C)cc3)C(C)(C)C)CC2)ccc1Cc1ncc(Cl)c(Cc2ccccc2P(C)(C)=O)n1. The molecule has 16 nitrogen and oxygen atoms in total. The van der Waals surface area contributed by atoms with E-state index >= 15 is 0 Å². The Morgan fingerprint density at radius 1 is 0.921 bits per heavy atom. The minimum Gasteiger partial charge on any atom is -0.496 e. The van der Waals surface area contributed by atoms with Crippen molar-refractivity contribution >= 4 is 64.6 Å². The number of nitrogens with zero attached hydrogens (tertiary/aromatic N) is 5. The van der Waals surface area contributed by atoms with Crippen molar-refractivity contribution < 1.29 is 43.1 Å². The third-order valence-corrected chi connectivity index (χ3v) is 17.0. The lowest BCUT2D eigenvalue weighted by atomic mass is 9.76. The van der Waals surface area contributed by atoms with E-state index in [1.165, 1.54) is 4.90 Å². The lowest BCUT2D eigenvalue weighted by Gasteiger charge is -2.34. The van der Waals surface area contributed by atoms with Crippen LogP contribution in [0.1, 0.15) is 93.2 Å². The maximum atomic E-state index is 14.1. The van der Waals surface area contributed by atoms with Gasteiger partial charge < -0.3 is 44.3 Å². The summed E-state index contributed by atoms with van der Waals surface area (Å²) >= 11 is 8.13. The molecule has 2 aromatic heterocycles. The van der Waals surface area contributed by atoms with E-state index < -0.39 is 30.6 Å². The van der Waals surface area contributed by atoms with Gasteiger partial charge in [-0.25, -0.2) is 15.0 Å². The summed E-state index contributed by atoms with van der Waals surface area (Å²) in [5.41, 5.74) is 7.72. The summed E-state index contributed by atoms with van der Waals surface area (Å²) in [6, 6.07) is 20.9. The topological polar surface area (TPSA) is 202 Å². The number of ketones is 1. The van der Waals surface area contributed by atoms with Crippen LogP contribution >= 0.6 is 30.1 Å². The number of aliphatic hydroxyl groups is 1. The van der Waals surface area contributed by atoms with Crippen LogP contribution in [0.5, 0.6) is 5.75 Å². The number of hydrogen-bond acceptors (Lipinski definition) is 14. The molecule has 2 fully saturated rings. The van der Waals surface area contributed by atoms with Crippen LogP contribution in [0.2, 0.25) is 5.02 Å². The predicted molar refractivity (Wildman–Crippen MR) is 298 cm³/mol. The van der Waals surface area contributed by atoms with Gasteiger partial charge in [0.05, 0.1) is 66.4 Å². The number of aromatic nitrogens is 3. The Morgan fingerprint density at radius 2 is 1.63 bits per heavy atom. The van der Waals surface area contributed by atoms with Gasteiger partial charge in [0.1, 0.15) is 30.5 Å². The highest BCUT2D eigenvalue weighted by molar-refractivity contribution is 7.70. The molecule has 2 aliphatic rings. The Labute approximate surface area is 456 Å². The molecule has 2 aliphatic heterocycles. The molecule has 3 N–H and O–H groups in total. The van der Waals surface area contributed by atoms with Gasteiger partial charge in [0.15, 0.2) is 0 Å². The number of benzene rings is 3. The van der Waals surface area contributed by atoms with Crippen molar-refractivity contribution in [3.8, 4) is 16.2 Å². The first-order valence-electron chi connectivity index (χ1n) is 26.0. The van der Waals surface area contributed by atoms with Crippen molar-refractivity contribution in [2.75, 3.05) is 71.4 Å². The van der Waals surface area contributed by atoms with Crippen LogP contribution in [-0.4, -0.2) is 133 Å². The van der Waals surface area contributed by atoms with E-state index in [1.54, 1.807) is 38.0 Å². The van der Waals surface area contributed by atoms with Gasteiger partial charge in [0, 0.05) is 105 Å². The normalized spacial score (nSPS) is 16.6. The monoisotopic (exact) mass is 1100 g/mol. The summed E-state index contributed by atoms with van der Waals surface area (Å²) in [5, 5.41) is 18.0. The molecule has 408 valence electrons. The molecular formula is C57H73ClN7O9PS. The van der Waals surface area contributed by atoms with Gasteiger partial charge in [-0.1, -0.05) is 87.0 Å². The van der Waals surface area contributed by atoms with Crippen LogP contribution in [0.25, 0.3) is 10.4 Å². The van der Waals surface area contributed by atoms with Crippen LogP contribution in [0.3, 0.4) is 0 Å². The summed E-state index contributed by atoms with van der Waals surface area (Å²) in [5.74, 6) is -0.251. The quantitative estimate of drug-likeness (QED) is 0.0400. The molecule has 3 atom stereocenters. The number of likely N-dealkylation sites (tertiary alicyclic amines) is 1. The minimum atomic E-state index is -2.50. The number of thiazole rings is 1. The van der Waals surface area contributed by atoms with E-state index in [0.717, 1.165) is 75.5 Å². The standard InChI is InChI=1S/C57H73ClN7O9PS/c1-37-54(76-36-61-37)39-14-12-38(13-15-39)33-60-55(69)49-32-45(67)35-65(49)56(70)46(57(2,3)4)31-44(66)20-24-73-26-27-74-25-21-53(68)62-42-18-22-64(23-19-42)43-17-16-40(50(30-43)72-5)29-52-59-34-47(58)48(63-52)28-41-10-8-9-11-51(41)75(6,7)71/h8-17,30,34,36,42,45-46,49,67H,18-29,31-33,35H2,1-7H3,(H,60,69)(H,62,68)/t45-,46-,49+/m1/s1. The number of hydrogen-bond donors (Lipinski definition) is 3. The highest BCUT2D eigenvalue weighted by Gasteiger charge is 2.44. The zero-order chi connectivity index (χ0) is 54.6. The summed E-state index contributed by atoms with van der Waals surface area (Å²) in [7, 11) is -0.851. The second kappa shape index (κ2) is 26.7. The fraction of sp³-hybridized carbons (Fsp3) is 0.491. The molecule has 4 heterocycles. The number of methoxy groups -OCH3 is 1. The largest absolute Gasteiger partial charge is 0.496 e. The number of β-amino-alcohol motifs (C(OH)–C–C–N with tert-alkyl or cyclic N) is 1. The number of nitrogens with one attached hydrogen (secondary N) is 2. The summed E-state index contributed by atoms with van der Waals surface area (Å²) < 4.78 is 30.2. The Hall–Kier alpha value is -5.55. The van der Waals surface area contributed by atoms with Crippen molar-refractivity contribution in [2.24, 2.45) is 11.3 Å². The molecule has 0 aliphatic carbocycles. The van der Waals surface area contributed by atoms with E-state index in [0.29, 0.717) is 29.4 Å². The second-order valence-electron chi connectivity index (χ2n) is 21.2. The zero-order valence-electron chi connectivity index (χ0n) is 44.8. The van der Waals surface area contributed by atoms with Crippen molar-refractivity contribution in [3.63, 3.8) is 0 Å². The van der Waals surface area contributed by atoms with Gasteiger partial charge in [-0.3, -0.25) is 19.2 Å². The molecular weight excluding hydrogens is 1030 g/mol. The van der Waals surface area contributed by atoms with Crippen molar-refractivity contribution in [3.05, 3.63) is 117 Å². The molecule has 0 saturated carbocycles. The minimum absolute atomic E-state index is 0.0165. The predicted octanol–water partition coefficient (Wildman–Crippen LogP) is 7.80. The van der Waals surface area contributed by atoms with E-state index in [2.05, 4.69) is 31.6 Å². The number of rotatable bonds is 24. The summed E-state index contributed by atoms with van der Waals surface area (Å²) in [4.78, 5) is 72.1. The van der Waals surface area contributed by atoms with E-state index in [-0.39, 0.29) is 94.7 Å². The van der Waals surface area contributed by atoms with E-state index in [1.807, 2.05) is 93.9 Å². The third kappa shape index (κ3) is 16.0. The first-order valence-corrected chi connectivity index (χ1v) is 29.9. The van der Waals surface area contributed by atoms with Crippen LogP contribution in [0.4, 0.5) is 5.69 Å². The lowest BCUT2D eigenvalue weighted by molar-refractivity contribution is -0.146. The molecule has 3 aromatic carbocycles. The zero-order valence-corrected chi connectivity index (χ0v) is 47.3. The van der Waals surface area contributed by atoms with Gasteiger partial charge in [0.25, 0.3) is 0 Å². The number of aryl methyl sites for hydroxylation is 1. The number of aliphatic hydroxyl groups excluding tert-OH is 1. The van der Waals surface area contributed by atoms with Gasteiger partial charge >= 0.3 is 0 Å². The number of carbonyl (C=O) groups excluding carboxylic acids is 4. The maximum Gasteiger partial charge on any atom is 0.243 e. The molecule has 0 radical (unpaired) electrons. The van der Waals surface area contributed by atoms with Crippen molar-refractivity contribution in [2.45, 2.75) is 104 Å². The van der Waals surface area contributed by atoms with Crippen molar-refractivity contribution in [1.29, 1.82) is 0 Å². The molecule has 76 heavy (non-hydrogen) atoms. The van der Waals surface area contributed by atoms with Crippen LogP contribution in [-0.2, 0) is 52.6 Å². The summed E-state index contributed by atoms with van der Waals surface area (Å²) in [6.07, 6.45) is 3.66. The maximum absolute atomic E-state index is 14.1. The van der Waals surface area contributed by atoms with Gasteiger partial charge in [-0.2, -0.15) is 0 Å². The average molecular weight is 1100 g/mol. The second-order valence-corrected chi connectivity index (χ2v) is 25.6. The molecule has 2 saturated heterocycles. The summed E-state index contributed by atoms with van der Waals surface area (Å²) in [6.45, 7) is 13.9. The first-order chi connectivity index (χ1) is 36.3. The number of piperidine rings is 1. The van der Waals surface area contributed by atoms with Crippen LogP contribution in [0.15, 0.2) is 78.4 Å². The molecule has 3 amide bonds. The average Bonchev–Trinajstić information content (AvgIpc) is 4.02. The van der Waals surface area contributed by atoms with Crippen LogP contribution < -0.4 is 25.6 Å². The number of carbonyl (C=O) groups is 4. The molecule has 0 bridgehead atoms.